The summed E-state index contributed by atoms with van der Waals surface area (Å²) in [7, 11) is 1.62. The number of benzene rings is 2. The number of nitrogens with zero attached hydrogens (tertiary/aromatic N) is 2. The van der Waals surface area contributed by atoms with Gasteiger partial charge < -0.3 is 19.6 Å². The van der Waals surface area contributed by atoms with Crippen molar-refractivity contribution in [1.82, 2.24) is 20.4 Å². The number of rotatable bonds is 9. The van der Waals surface area contributed by atoms with Crippen molar-refractivity contribution in [3.63, 3.8) is 0 Å². The number of fused-ring (bicyclic) bond motifs is 1. The molecule has 0 atom stereocenters. The van der Waals surface area contributed by atoms with Gasteiger partial charge in [-0.15, -0.1) is 0 Å². The minimum atomic E-state index is 0.0322. The van der Waals surface area contributed by atoms with Gasteiger partial charge in [0, 0.05) is 42.0 Å². The number of para-hydroxylation sites is 1. The molecule has 0 saturated heterocycles. The highest BCUT2D eigenvalue weighted by Gasteiger charge is 2.10. The predicted molar refractivity (Wildman–Crippen MR) is 114 cm³/mol. The Hall–Kier alpha value is -3.61. The van der Waals surface area contributed by atoms with Gasteiger partial charge >= 0.3 is 0 Å². The SMILES string of the molecule is COc1ccc(-c2noc(CCCC(=O)NCCc3c[nH]c4ccccc34)n2)cc1. The van der Waals surface area contributed by atoms with Gasteiger partial charge in [0.15, 0.2) is 0 Å². The smallest absolute Gasteiger partial charge is 0.226 e. The molecule has 7 heteroatoms. The molecule has 0 radical (unpaired) electrons. The molecule has 2 aromatic carbocycles. The van der Waals surface area contributed by atoms with Crippen LogP contribution in [-0.4, -0.2) is 34.7 Å². The van der Waals surface area contributed by atoms with Crippen molar-refractivity contribution in [2.75, 3.05) is 13.7 Å². The van der Waals surface area contributed by atoms with Crippen LogP contribution in [0.15, 0.2) is 59.3 Å². The average Bonchev–Trinajstić information content (AvgIpc) is 3.41. The number of ether oxygens (including phenoxy) is 1. The summed E-state index contributed by atoms with van der Waals surface area (Å²) in [5.74, 6) is 1.88. The number of aromatic amines is 1. The third kappa shape index (κ3) is 4.68. The van der Waals surface area contributed by atoms with Crippen LogP contribution in [0.25, 0.3) is 22.3 Å². The molecule has 1 amide bonds. The maximum Gasteiger partial charge on any atom is 0.226 e. The fourth-order valence-electron chi connectivity index (χ4n) is 3.38. The van der Waals surface area contributed by atoms with Crippen LogP contribution >= 0.6 is 0 Å². The van der Waals surface area contributed by atoms with Crippen molar-refractivity contribution >= 4 is 16.8 Å². The van der Waals surface area contributed by atoms with Gasteiger partial charge in [-0.3, -0.25) is 4.79 Å². The summed E-state index contributed by atoms with van der Waals surface area (Å²) in [6.07, 6.45) is 4.45. The van der Waals surface area contributed by atoms with E-state index in [0.29, 0.717) is 37.5 Å². The zero-order valence-corrected chi connectivity index (χ0v) is 16.9. The Morgan fingerprint density at radius 1 is 1.13 bits per heavy atom. The Bertz CT molecular complexity index is 1110. The first kappa shape index (κ1) is 19.7. The van der Waals surface area contributed by atoms with Gasteiger partial charge in [0.25, 0.3) is 0 Å². The molecule has 30 heavy (non-hydrogen) atoms. The molecular weight excluding hydrogens is 380 g/mol. The molecule has 7 nitrogen and oxygen atoms in total. The monoisotopic (exact) mass is 404 g/mol. The molecule has 154 valence electrons. The van der Waals surface area contributed by atoms with Gasteiger partial charge in [0.05, 0.1) is 7.11 Å². The van der Waals surface area contributed by atoms with Crippen molar-refractivity contribution in [2.24, 2.45) is 0 Å². The van der Waals surface area contributed by atoms with Gasteiger partial charge in [-0.1, -0.05) is 23.4 Å². The van der Waals surface area contributed by atoms with Crippen LogP contribution in [0.2, 0.25) is 0 Å². The number of aryl methyl sites for hydroxylation is 1. The molecular formula is C23H24N4O3. The predicted octanol–water partition coefficient (Wildman–Crippen LogP) is 3.91. The summed E-state index contributed by atoms with van der Waals surface area (Å²) in [4.78, 5) is 19.8. The highest BCUT2D eigenvalue weighted by atomic mass is 16.5. The second kappa shape index (κ2) is 9.26. The quantitative estimate of drug-likeness (QED) is 0.441. The van der Waals surface area contributed by atoms with E-state index in [0.717, 1.165) is 23.3 Å². The highest BCUT2D eigenvalue weighted by molar-refractivity contribution is 5.83. The number of H-pyrrole nitrogens is 1. The maximum atomic E-state index is 12.1. The normalized spacial score (nSPS) is 11.0. The van der Waals surface area contributed by atoms with E-state index < -0.39 is 0 Å². The van der Waals surface area contributed by atoms with Crippen LogP contribution in [-0.2, 0) is 17.6 Å². The van der Waals surface area contributed by atoms with Crippen LogP contribution in [0.5, 0.6) is 5.75 Å². The van der Waals surface area contributed by atoms with Crippen molar-refractivity contribution < 1.29 is 14.1 Å². The second-order valence-electron chi connectivity index (χ2n) is 7.05. The average molecular weight is 404 g/mol. The molecule has 4 aromatic rings. The molecule has 0 unspecified atom stereocenters. The Labute approximate surface area is 174 Å². The Morgan fingerprint density at radius 3 is 2.80 bits per heavy atom. The van der Waals surface area contributed by atoms with E-state index in [2.05, 4.69) is 32.6 Å². The van der Waals surface area contributed by atoms with E-state index in [9.17, 15) is 4.79 Å². The van der Waals surface area contributed by atoms with Crippen molar-refractivity contribution in [3.8, 4) is 17.1 Å². The number of amides is 1. The fraction of sp³-hybridized carbons (Fsp3) is 0.261. The molecule has 0 bridgehead atoms. The fourth-order valence-corrected chi connectivity index (χ4v) is 3.38. The lowest BCUT2D eigenvalue weighted by Gasteiger charge is -2.04. The lowest BCUT2D eigenvalue weighted by molar-refractivity contribution is -0.121. The molecule has 0 saturated carbocycles. The first-order valence-electron chi connectivity index (χ1n) is 10.0. The molecule has 0 aliphatic carbocycles. The Kier molecular flexibility index (Phi) is 6.08. The third-order valence-electron chi connectivity index (χ3n) is 5.00. The molecule has 2 N–H and O–H groups in total. The lowest BCUT2D eigenvalue weighted by Crippen LogP contribution is -2.25. The van der Waals surface area contributed by atoms with Crippen LogP contribution < -0.4 is 10.1 Å². The standard InChI is InChI=1S/C23H24N4O3/c1-29-18-11-9-16(10-12-18)23-26-22(30-27-23)8-4-7-21(28)24-14-13-17-15-25-20-6-3-2-5-19(17)20/h2-3,5-6,9-12,15,25H,4,7-8,13-14H2,1H3,(H,24,28). The molecule has 4 rings (SSSR count). The van der Waals surface area contributed by atoms with Crippen molar-refractivity contribution in [3.05, 3.63) is 66.2 Å². The molecule has 0 spiro atoms. The lowest BCUT2D eigenvalue weighted by atomic mass is 10.1. The first-order chi connectivity index (χ1) is 14.7. The second-order valence-corrected chi connectivity index (χ2v) is 7.05. The van der Waals surface area contributed by atoms with Gasteiger partial charge in [-0.2, -0.15) is 4.98 Å². The third-order valence-corrected chi connectivity index (χ3v) is 5.00. The molecule has 2 heterocycles. The Morgan fingerprint density at radius 2 is 1.97 bits per heavy atom. The number of carbonyl (C=O) groups is 1. The van der Waals surface area contributed by atoms with Gasteiger partial charge in [0.2, 0.25) is 17.6 Å². The number of aromatic nitrogens is 3. The van der Waals surface area contributed by atoms with Gasteiger partial charge in [0.1, 0.15) is 5.75 Å². The van der Waals surface area contributed by atoms with Gasteiger partial charge in [-0.25, -0.2) is 0 Å². The molecule has 0 aliphatic heterocycles. The van der Waals surface area contributed by atoms with Crippen molar-refractivity contribution in [2.45, 2.75) is 25.7 Å². The van der Waals surface area contributed by atoms with Crippen LogP contribution in [0, 0.1) is 0 Å². The molecule has 0 aliphatic rings. The van der Waals surface area contributed by atoms with Crippen LogP contribution in [0.1, 0.15) is 24.3 Å². The number of hydrogen-bond donors (Lipinski definition) is 2. The summed E-state index contributed by atoms with van der Waals surface area (Å²) in [6, 6.07) is 15.6. The topological polar surface area (TPSA) is 93.0 Å². The summed E-state index contributed by atoms with van der Waals surface area (Å²) >= 11 is 0. The van der Waals surface area contributed by atoms with Crippen LogP contribution in [0.4, 0.5) is 0 Å². The number of carbonyl (C=O) groups excluding carboxylic acids is 1. The zero-order valence-electron chi connectivity index (χ0n) is 16.9. The number of nitrogens with one attached hydrogen (secondary N) is 2. The molecule has 2 aromatic heterocycles. The first-order valence-corrected chi connectivity index (χ1v) is 10.0. The van der Waals surface area contributed by atoms with E-state index >= 15 is 0 Å². The van der Waals surface area contributed by atoms with Gasteiger partial charge in [-0.05, 0) is 48.7 Å². The number of hydrogen-bond acceptors (Lipinski definition) is 5. The summed E-state index contributed by atoms with van der Waals surface area (Å²) < 4.78 is 10.5. The zero-order chi connectivity index (χ0) is 20.8. The summed E-state index contributed by atoms with van der Waals surface area (Å²) in [5, 5.41) is 8.20. The summed E-state index contributed by atoms with van der Waals surface area (Å²) in [6.45, 7) is 0.614. The molecule has 0 fully saturated rings. The van der Waals surface area contributed by atoms with E-state index in [1.54, 1.807) is 7.11 Å². The largest absolute Gasteiger partial charge is 0.497 e. The summed E-state index contributed by atoms with van der Waals surface area (Å²) in [5.41, 5.74) is 3.19. The Balaban J connectivity index is 1.20. The van der Waals surface area contributed by atoms with Crippen molar-refractivity contribution in [1.29, 1.82) is 0 Å². The van der Waals surface area contributed by atoms with E-state index in [1.807, 2.05) is 42.6 Å². The van der Waals surface area contributed by atoms with E-state index in [1.165, 1.54) is 10.9 Å². The van der Waals surface area contributed by atoms with Crippen LogP contribution in [0.3, 0.4) is 0 Å². The minimum Gasteiger partial charge on any atom is -0.497 e. The highest BCUT2D eigenvalue weighted by Crippen LogP contribution is 2.20. The van der Waals surface area contributed by atoms with E-state index in [4.69, 9.17) is 9.26 Å². The minimum absolute atomic E-state index is 0.0322. The number of methoxy groups -OCH3 is 1. The maximum absolute atomic E-state index is 12.1. The van der Waals surface area contributed by atoms with E-state index in [-0.39, 0.29) is 5.91 Å².